The van der Waals surface area contributed by atoms with Gasteiger partial charge in [-0.1, -0.05) is 41.9 Å². The summed E-state index contributed by atoms with van der Waals surface area (Å²) in [5, 5.41) is 3.55. The first kappa shape index (κ1) is 15.6. The van der Waals surface area contributed by atoms with Crippen LogP contribution in [0.15, 0.2) is 48.5 Å². The topological polar surface area (TPSA) is 57.8 Å². The molecule has 2 N–H and O–H groups in total. The van der Waals surface area contributed by atoms with E-state index in [9.17, 15) is 4.79 Å². The quantitative estimate of drug-likeness (QED) is 0.681. The second-order valence-electron chi connectivity index (χ2n) is 5.42. The maximum atomic E-state index is 11.9. The number of nitrogens with one attached hydrogen (secondary N) is 2. The minimum Gasteiger partial charge on any atom is -0.356 e. The zero-order valence-electron chi connectivity index (χ0n) is 12.7. The van der Waals surface area contributed by atoms with Crippen LogP contribution in [0, 0.1) is 0 Å². The Kier molecular flexibility index (Phi) is 4.93. The first-order valence-electron chi connectivity index (χ1n) is 7.66. The molecule has 0 fully saturated rings. The van der Waals surface area contributed by atoms with Gasteiger partial charge in [-0.05, 0) is 30.2 Å². The molecule has 0 aliphatic rings. The standard InChI is InChI=1S/C18H18ClN3O/c19-14-7-2-1-6-13(14)12-18(23)20-11-5-10-17-21-15-8-3-4-9-16(15)22-17/h1-4,6-9H,5,10-12H2,(H,20,23)(H,21,22). The number of hydrogen-bond acceptors (Lipinski definition) is 2. The molecule has 0 radical (unpaired) electrons. The van der Waals surface area contributed by atoms with Gasteiger partial charge in [0.1, 0.15) is 5.82 Å². The zero-order valence-corrected chi connectivity index (χ0v) is 13.4. The molecule has 0 bridgehead atoms. The van der Waals surface area contributed by atoms with Crippen LogP contribution in [0.2, 0.25) is 5.02 Å². The van der Waals surface area contributed by atoms with Crippen LogP contribution in [-0.4, -0.2) is 22.4 Å². The van der Waals surface area contributed by atoms with Gasteiger partial charge in [0.2, 0.25) is 5.91 Å². The van der Waals surface area contributed by atoms with Crippen LogP contribution >= 0.6 is 11.6 Å². The number of imidazole rings is 1. The fourth-order valence-corrected chi connectivity index (χ4v) is 2.69. The molecule has 1 amide bonds. The number of benzene rings is 2. The van der Waals surface area contributed by atoms with Crippen molar-refractivity contribution < 1.29 is 4.79 Å². The molecular formula is C18H18ClN3O. The van der Waals surface area contributed by atoms with Gasteiger partial charge in [-0.15, -0.1) is 0 Å². The first-order valence-corrected chi connectivity index (χ1v) is 8.04. The van der Waals surface area contributed by atoms with Gasteiger partial charge in [-0.2, -0.15) is 0 Å². The second-order valence-corrected chi connectivity index (χ2v) is 5.83. The summed E-state index contributed by atoms with van der Waals surface area (Å²) < 4.78 is 0. The molecule has 118 valence electrons. The monoisotopic (exact) mass is 327 g/mol. The van der Waals surface area contributed by atoms with E-state index in [0.29, 0.717) is 18.0 Å². The molecule has 23 heavy (non-hydrogen) atoms. The Labute approximate surface area is 139 Å². The van der Waals surface area contributed by atoms with Crippen molar-refractivity contribution in [3.05, 3.63) is 64.9 Å². The summed E-state index contributed by atoms with van der Waals surface area (Å²) in [6, 6.07) is 15.4. The van der Waals surface area contributed by atoms with Gasteiger partial charge >= 0.3 is 0 Å². The Balaban J connectivity index is 1.44. The van der Waals surface area contributed by atoms with Crippen molar-refractivity contribution in [2.45, 2.75) is 19.3 Å². The van der Waals surface area contributed by atoms with Gasteiger partial charge in [0.25, 0.3) is 0 Å². The van der Waals surface area contributed by atoms with Crippen molar-refractivity contribution >= 4 is 28.5 Å². The van der Waals surface area contributed by atoms with Gasteiger partial charge in [0, 0.05) is 18.0 Å². The van der Waals surface area contributed by atoms with E-state index in [2.05, 4.69) is 15.3 Å². The lowest BCUT2D eigenvalue weighted by atomic mass is 10.1. The Morgan fingerprint density at radius 3 is 2.74 bits per heavy atom. The number of carbonyl (C=O) groups excluding carboxylic acids is 1. The van der Waals surface area contributed by atoms with Gasteiger partial charge in [-0.3, -0.25) is 4.79 Å². The van der Waals surface area contributed by atoms with E-state index in [-0.39, 0.29) is 5.91 Å². The highest BCUT2D eigenvalue weighted by atomic mass is 35.5. The molecule has 0 unspecified atom stereocenters. The molecule has 5 heteroatoms. The normalized spacial score (nSPS) is 10.8. The highest BCUT2D eigenvalue weighted by molar-refractivity contribution is 6.31. The molecular weight excluding hydrogens is 310 g/mol. The summed E-state index contributed by atoms with van der Waals surface area (Å²) in [7, 11) is 0. The van der Waals surface area contributed by atoms with Crippen molar-refractivity contribution in [3.8, 4) is 0 Å². The summed E-state index contributed by atoms with van der Waals surface area (Å²) >= 11 is 6.06. The number of halogens is 1. The van der Waals surface area contributed by atoms with Crippen LogP contribution in [0.4, 0.5) is 0 Å². The predicted molar refractivity (Wildman–Crippen MR) is 92.6 cm³/mol. The number of aryl methyl sites for hydroxylation is 1. The van der Waals surface area contributed by atoms with Crippen molar-refractivity contribution in [3.63, 3.8) is 0 Å². The number of carbonyl (C=O) groups is 1. The summed E-state index contributed by atoms with van der Waals surface area (Å²) in [5.74, 6) is 0.939. The summed E-state index contributed by atoms with van der Waals surface area (Å²) in [4.78, 5) is 19.7. The predicted octanol–water partition coefficient (Wildman–Crippen LogP) is 3.51. The van der Waals surface area contributed by atoms with E-state index in [0.717, 1.165) is 35.3 Å². The number of hydrogen-bond donors (Lipinski definition) is 2. The Morgan fingerprint density at radius 2 is 1.91 bits per heavy atom. The van der Waals surface area contributed by atoms with Crippen LogP contribution in [-0.2, 0) is 17.6 Å². The number of H-pyrrole nitrogens is 1. The van der Waals surface area contributed by atoms with E-state index in [1.807, 2.05) is 42.5 Å². The Hall–Kier alpha value is -2.33. The van der Waals surface area contributed by atoms with E-state index in [1.54, 1.807) is 6.07 Å². The fraction of sp³-hybridized carbons (Fsp3) is 0.222. The van der Waals surface area contributed by atoms with Crippen LogP contribution in [0.3, 0.4) is 0 Å². The molecule has 0 saturated carbocycles. The third-order valence-corrected chi connectivity index (χ3v) is 4.03. The van der Waals surface area contributed by atoms with Crippen molar-refractivity contribution in [1.82, 2.24) is 15.3 Å². The highest BCUT2D eigenvalue weighted by Gasteiger charge is 2.06. The van der Waals surface area contributed by atoms with E-state index < -0.39 is 0 Å². The Morgan fingerprint density at radius 1 is 1.13 bits per heavy atom. The van der Waals surface area contributed by atoms with Crippen molar-refractivity contribution in [1.29, 1.82) is 0 Å². The largest absolute Gasteiger partial charge is 0.356 e. The molecule has 0 spiro atoms. The number of para-hydroxylation sites is 2. The van der Waals surface area contributed by atoms with Crippen LogP contribution in [0.1, 0.15) is 17.8 Å². The van der Waals surface area contributed by atoms with Gasteiger partial charge in [-0.25, -0.2) is 4.98 Å². The van der Waals surface area contributed by atoms with Crippen molar-refractivity contribution in [2.24, 2.45) is 0 Å². The molecule has 1 heterocycles. The highest BCUT2D eigenvalue weighted by Crippen LogP contribution is 2.15. The number of aromatic nitrogens is 2. The molecule has 0 atom stereocenters. The molecule has 1 aromatic heterocycles. The summed E-state index contributed by atoms with van der Waals surface area (Å²) in [6.45, 7) is 0.625. The van der Waals surface area contributed by atoms with Crippen molar-refractivity contribution in [2.75, 3.05) is 6.54 Å². The third kappa shape index (κ3) is 4.11. The van der Waals surface area contributed by atoms with Crippen LogP contribution in [0.25, 0.3) is 11.0 Å². The maximum Gasteiger partial charge on any atom is 0.224 e. The lowest BCUT2D eigenvalue weighted by Crippen LogP contribution is -2.26. The maximum absolute atomic E-state index is 11.9. The average molecular weight is 328 g/mol. The number of fused-ring (bicyclic) bond motifs is 1. The summed E-state index contributed by atoms with van der Waals surface area (Å²) in [6.07, 6.45) is 1.96. The minimum absolute atomic E-state index is 0.0114. The lowest BCUT2D eigenvalue weighted by Gasteiger charge is -2.06. The Bertz CT molecular complexity index is 780. The van der Waals surface area contributed by atoms with Crippen LogP contribution in [0.5, 0.6) is 0 Å². The molecule has 0 aliphatic carbocycles. The third-order valence-electron chi connectivity index (χ3n) is 3.66. The molecule has 4 nitrogen and oxygen atoms in total. The van der Waals surface area contributed by atoms with Gasteiger partial charge < -0.3 is 10.3 Å². The second kappa shape index (κ2) is 7.29. The van der Waals surface area contributed by atoms with E-state index >= 15 is 0 Å². The number of nitrogens with zero attached hydrogens (tertiary/aromatic N) is 1. The van der Waals surface area contributed by atoms with Gasteiger partial charge in [0.15, 0.2) is 0 Å². The molecule has 2 aromatic carbocycles. The SMILES string of the molecule is O=C(Cc1ccccc1Cl)NCCCc1nc2ccccc2[nH]1. The number of aromatic amines is 1. The molecule has 3 aromatic rings. The minimum atomic E-state index is -0.0114. The summed E-state index contributed by atoms with van der Waals surface area (Å²) in [5.41, 5.74) is 2.87. The molecule has 0 aliphatic heterocycles. The molecule has 3 rings (SSSR count). The smallest absolute Gasteiger partial charge is 0.224 e. The average Bonchev–Trinajstić information content (AvgIpc) is 2.96. The number of amides is 1. The first-order chi connectivity index (χ1) is 11.2. The van der Waals surface area contributed by atoms with E-state index in [4.69, 9.17) is 11.6 Å². The number of rotatable bonds is 6. The zero-order chi connectivity index (χ0) is 16.1. The van der Waals surface area contributed by atoms with E-state index in [1.165, 1.54) is 0 Å². The lowest BCUT2D eigenvalue weighted by molar-refractivity contribution is -0.120. The van der Waals surface area contributed by atoms with Gasteiger partial charge in [0.05, 0.1) is 17.5 Å². The van der Waals surface area contributed by atoms with Crippen LogP contribution < -0.4 is 5.32 Å². The fourth-order valence-electron chi connectivity index (χ4n) is 2.48. The molecule has 0 saturated heterocycles.